The van der Waals surface area contributed by atoms with Gasteiger partial charge in [0.1, 0.15) is 5.75 Å². The Labute approximate surface area is 221 Å². The fraction of sp³-hybridized carbons (Fsp3) is 0.500. The number of esters is 1. The number of ether oxygens (including phenoxy) is 2. The number of carbonyl (C=O) groups excluding carboxylic acids is 1. The van der Waals surface area contributed by atoms with Crippen molar-refractivity contribution in [2.45, 2.75) is 76.5 Å². The maximum Gasteiger partial charge on any atom is 0.337 e. The number of methoxy groups -OCH3 is 1. The highest BCUT2D eigenvalue weighted by molar-refractivity contribution is 5.96. The van der Waals surface area contributed by atoms with E-state index in [1.165, 1.54) is 81.6 Å². The second kappa shape index (κ2) is 10.2. The van der Waals surface area contributed by atoms with Crippen LogP contribution in [0, 0.1) is 17.8 Å². The number of hydrogen-bond acceptors (Lipinski definition) is 3. The van der Waals surface area contributed by atoms with Crippen molar-refractivity contribution >= 4 is 16.7 Å². The standard InChI is InChI=1S/C34H40O3/c1-3-4-5-6-13-37-32-12-11-29(19-31(32)34-20-23-14-24(21-34)16-25(15-23)22-34)27-7-8-28-18-30(33(35)36-2)10-9-26(28)17-27/h7-12,17-19,23-25H,3-6,13-16,20-22H2,1-2H3. The van der Waals surface area contributed by atoms with Crippen molar-refractivity contribution < 1.29 is 14.3 Å². The molecule has 0 saturated heterocycles. The number of unbranched alkanes of at least 4 members (excludes halogenated alkanes) is 3. The van der Waals surface area contributed by atoms with E-state index in [1.807, 2.05) is 18.2 Å². The lowest BCUT2D eigenvalue weighted by atomic mass is 9.48. The molecule has 3 aromatic rings. The first-order valence-corrected chi connectivity index (χ1v) is 14.5. The van der Waals surface area contributed by atoms with Gasteiger partial charge in [0.2, 0.25) is 0 Å². The topological polar surface area (TPSA) is 35.5 Å². The van der Waals surface area contributed by atoms with Gasteiger partial charge >= 0.3 is 5.97 Å². The van der Waals surface area contributed by atoms with E-state index in [0.29, 0.717) is 5.56 Å². The minimum atomic E-state index is -0.295. The Morgan fingerprint density at radius 2 is 1.46 bits per heavy atom. The van der Waals surface area contributed by atoms with Crippen LogP contribution in [0.4, 0.5) is 0 Å². The minimum absolute atomic E-state index is 0.287. The van der Waals surface area contributed by atoms with Crippen molar-refractivity contribution in [2.75, 3.05) is 13.7 Å². The van der Waals surface area contributed by atoms with E-state index in [0.717, 1.165) is 47.3 Å². The van der Waals surface area contributed by atoms with Crippen LogP contribution in [0.15, 0.2) is 54.6 Å². The van der Waals surface area contributed by atoms with Gasteiger partial charge in [-0.2, -0.15) is 0 Å². The molecular formula is C34H40O3. The quantitative estimate of drug-likeness (QED) is 0.219. The summed E-state index contributed by atoms with van der Waals surface area (Å²) in [6.07, 6.45) is 13.3. The molecule has 194 valence electrons. The van der Waals surface area contributed by atoms with E-state index >= 15 is 0 Å². The van der Waals surface area contributed by atoms with Gasteiger partial charge in [-0.3, -0.25) is 0 Å². The van der Waals surface area contributed by atoms with Gasteiger partial charge in [-0.05, 0) is 120 Å². The molecule has 3 aromatic carbocycles. The largest absolute Gasteiger partial charge is 0.493 e. The van der Waals surface area contributed by atoms with Gasteiger partial charge in [-0.1, -0.05) is 50.5 Å². The molecule has 0 radical (unpaired) electrons. The van der Waals surface area contributed by atoms with Gasteiger partial charge in [-0.15, -0.1) is 0 Å². The maximum absolute atomic E-state index is 12.0. The summed E-state index contributed by atoms with van der Waals surface area (Å²) >= 11 is 0. The first-order chi connectivity index (χ1) is 18.1. The monoisotopic (exact) mass is 496 g/mol. The number of hydrogen-bond donors (Lipinski definition) is 0. The van der Waals surface area contributed by atoms with Gasteiger partial charge in [0, 0.05) is 5.56 Å². The molecule has 0 unspecified atom stereocenters. The molecule has 0 spiro atoms. The van der Waals surface area contributed by atoms with Crippen LogP contribution in [0.1, 0.15) is 87.1 Å². The lowest BCUT2D eigenvalue weighted by Gasteiger charge is -2.57. The fourth-order valence-corrected chi connectivity index (χ4v) is 8.07. The molecule has 0 atom stereocenters. The summed E-state index contributed by atoms with van der Waals surface area (Å²) < 4.78 is 11.4. The third kappa shape index (κ3) is 4.78. The van der Waals surface area contributed by atoms with Crippen LogP contribution in [-0.2, 0) is 10.2 Å². The van der Waals surface area contributed by atoms with Crippen molar-refractivity contribution in [3.63, 3.8) is 0 Å². The van der Waals surface area contributed by atoms with Crippen molar-refractivity contribution in [1.29, 1.82) is 0 Å². The average Bonchev–Trinajstić information content (AvgIpc) is 2.91. The van der Waals surface area contributed by atoms with Crippen LogP contribution in [0.5, 0.6) is 5.75 Å². The summed E-state index contributed by atoms with van der Waals surface area (Å²) in [5.74, 6) is 3.54. The first kappa shape index (κ1) is 24.5. The van der Waals surface area contributed by atoms with Crippen LogP contribution >= 0.6 is 0 Å². The van der Waals surface area contributed by atoms with E-state index in [4.69, 9.17) is 9.47 Å². The molecule has 3 nitrogen and oxygen atoms in total. The molecule has 4 aliphatic carbocycles. The number of benzene rings is 3. The highest BCUT2D eigenvalue weighted by Crippen LogP contribution is 2.62. The van der Waals surface area contributed by atoms with Crippen molar-refractivity contribution in [2.24, 2.45) is 17.8 Å². The SMILES string of the molecule is CCCCCCOc1ccc(-c2ccc3cc(C(=O)OC)ccc3c2)cc1C12CC3CC(CC(C3)C1)C2. The normalized spacial score (nSPS) is 25.9. The lowest BCUT2D eigenvalue weighted by molar-refractivity contribution is -0.00638. The zero-order valence-electron chi connectivity index (χ0n) is 22.4. The van der Waals surface area contributed by atoms with E-state index in [-0.39, 0.29) is 11.4 Å². The summed E-state index contributed by atoms with van der Waals surface area (Å²) in [5, 5.41) is 2.19. The van der Waals surface area contributed by atoms with Crippen molar-refractivity contribution in [3.05, 3.63) is 65.7 Å². The summed E-state index contributed by atoms with van der Waals surface area (Å²) in [6.45, 7) is 3.08. The predicted octanol–water partition coefficient (Wildman–Crippen LogP) is 8.72. The summed E-state index contributed by atoms with van der Waals surface area (Å²) in [4.78, 5) is 12.0. The fourth-order valence-electron chi connectivity index (χ4n) is 8.07. The zero-order chi connectivity index (χ0) is 25.4. The molecule has 7 rings (SSSR count). The Bertz CT molecular complexity index is 1250. The molecule has 37 heavy (non-hydrogen) atoms. The zero-order valence-corrected chi connectivity index (χ0v) is 22.4. The van der Waals surface area contributed by atoms with Gasteiger partial charge < -0.3 is 9.47 Å². The van der Waals surface area contributed by atoms with E-state index in [9.17, 15) is 4.79 Å². The van der Waals surface area contributed by atoms with Gasteiger partial charge in [0.05, 0.1) is 19.3 Å². The van der Waals surface area contributed by atoms with E-state index in [1.54, 1.807) is 0 Å². The van der Waals surface area contributed by atoms with Crippen LogP contribution < -0.4 is 4.74 Å². The second-order valence-electron chi connectivity index (χ2n) is 12.1. The highest BCUT2D eigenvalue weighted by atomic mass is 16.5. The third-order valence-electron chi connectivity index (χ3n) is 9.44. The Hall–Kier alpha value is -2.81. The summed E-state index contributed by atoms with van der Waals surface area (Å²) in [6, 6.07) is 19.3. The van der Waals surface area contributed by atoms with Gasteiger partial charge in [-0.25, -0.2) is 4.79 Å². The Morgan fingerprint density at radius 1 is 0.811 bits per heavy atom. The predicted molar refractivity (Wildman–Crippen MR) is 150 cm³/mol. The molecule has 4 bridgehead atoms. The van der Waals surface area contributed by atoms with Crippen molar-refractivity contribution in [1.82, 2.24) is 0 Å². The Balaban J connectivity index is 1.35. The second-order valence-corrected chi connectivity index (χ2v) is 12.1. The first-order valence-electron chi connectivity index (χ1n) is 14.5. The summed E-state index contributed by atoms with van der Waals surface area (Å²) in [7, 11) is 1.43. The molecule has 0 amide bonds. The minimum Gasteiger partial charge on any atom is -0.493 e. The maximum atomic E-state index is 12.0. The molecular weight excluding hydrogens is 456 g/mol. The summed E-state index contributed by atoms with van der Waals surface area (Å²) in [5.41, 5.74) is 4.84. The third-order valence-corrected chi connectivity index (χ3v) is 9.44. The average molecular weight is 497 g/mol. The van der Waals surface area contributed by atoms with Gasteiger partial charge in [0.25, 0.3) is 0 Å². The highest BCUT2D eigenvalue weighted by Gasteiger charge is 2.52. The van der Waals surface area contributed by atoms with E-state index in [2.05, 4.69) is 43.3 Å². The molecule has 4 saturated carbocycles. The Morgan fingerprint density at radius 3 is 2.16 bits per heavy atom. The van der Waals surface area contributed by atoms with Crippen LogP contribution in [0.25, 0.3) is 21.9 Å². The van der Waals surface area contributed by atoms with Crippen LogP contribution in [0.3, 0.4) is 0 Å². The van der Waals surface area contributed by atoms with Gasteiger partial charge in [0.15, 0.2) is 0 Å². The van der Waals surface area contributed by atoms with Crippen LogP contribution in [-0.4, -0.2) is 19.7 Å². The molecule has 0 heterocycles. The van der Waals surface area contributed by atoms with Crippen molar-refractivity contribution in [3.8, 4) is 16.9 Å². The van der Waals surface area contributed by atoms with E-state index < -0.39 is 0 Å². The number of fused-ring (bicyclic) bond motifs is 1. The molecule has 0 aromatic heterocycles. The molecule has 3 heteroatoms. The molecule has 4 aliphatic rings. The lowest BCUT2D eigenvalue weighted by Crippen LogP contribution is -2.48. The molecule has 0 N–H and O–H groups in total. The Kier molecular flexibility index (Phi) is 6.73. The smallest absolute Gasteiger partial charge is 0.337 e. The number of rotatable bonds is 9. The van der Waals surface area contributed by atoms with Crippen LogP contribution in [0.2, 0.25) is 0 Å². The number of carbonyl (C=O) groups is 1. The molecule has 0 aliphatic heterocycles. The molecule has 4 fully saturated rings.